The Labute approximate surface area is 113 Å². The van der Waals surface area contributed by atoms with Crippen molar-refractivity contribution in [1.82, 2.24) is 15.3 Å². The Morgan fingerprint density at radius 1 is 1.21 bits per heavy atom. The van der Waals surface area contributed by atoms with E-state index in [1.165, 1.54) is 0 Å². The topological polar surface area (TPSA) is 58.0 Å². The highest BCUT2D eigenvalue weighted by molar-refractivity contribution is 5.37. The quantitative estimate of drug-likeness (QED) is 0.884. The average molecular weight is 257 g/mol. The SMILES string of the molecule is Cc1ccc(C(C)NCc2cnc(C)cn2)c(O)c1. The van der Waals surface area contributed by atoms with Gasteiger partial charge in [-0.2, -0.15) is 0 Å². The number of benzene rings is 1. The summed E-state index contributed by atoms with van der Waals surface area (Å²) in [6.45, 7) is 6.52. The van der Waals surface area contributed by atoms with Crippen LogP contribution in [0.2, 0.25) is 0 Å². The van der Waals surface area contributed by atoms with Crippen molar-refractivity contribution in [1.29, 1.82) is 0 Å². The number of hydrogen-bond donors (Lipinski definition) is 2. The highest BCUT2D eigenvalue weighted by Crippen LogP contribution is 2.24. The number of phenolic OH excluding ortho intramolecular Hbond substituents is 1. The number of aryl methyl sites for hydroxylation is 2. The zero-order chi connectivity index (χ0) is 13.8. The molecule has 0 bridgehead atoms. The van der Waals surface area contributed by atoms with Gasteiger partial charge in [0.2, 0.25) is 0 Å². The fourth-order valence-corrected chi connectivity index (χ4v) is 1.90. The van der Waals surface area contributed by atoms with Crippen molar-refractivity contribution < 1.29 is 5.11 Å². The van der Waals surface area contributed by atoms with Gasteiger partial charge < -0.3 is 10.4 Å². The lowest BCUT2D eigenvalue weighted by Crippen LogP contribution is -2.19. The molecular weight excluding hydrogens is 238 g/mol. The highest BCUT2D eigenvalue weighted by atomic mass is 16.3. The Morgan fingerprint density at radius 2 is 2.00 bits per heavy atom. The number of nitrogens with one attached hydrogen (secondary N) is 1. The molecule has 1 aromatic heterocycles. The van der Waals surface area contributed by atoms with E-state index in [-0.39, 0.29) is 6.04 Å². The number of aromatic hydroxyl groups is 1. The minimum Gasteiger partial charge on any atom is -0.508 e. The molecule has 0 saturated carbocycles. The van der Waals surface area contributed by atoms with E-state index in [2.05, 4.69) is 15.3 Å². The lowest BCUT2D eigenvalue weighted by molar-refractivity contribution is 0.451. The normalized spacial score (nSPS) is 12.4. The third-order valence-electron chi connectivity index (χ3n) is 3.08. The number of phenols is 1. The molecule has 1 heterocycles. The molecule has 1 atom stereocenters. The first kappa shape index (κ1) is 13.5. The summed E-state index contributed by atoms with van der Waals surface area (Å²) >= 11 is 0. The van der Waals surface area contributed by atoms with Gasteiger partial charge in [-0.3, -0.25) is 9.97 Å². The molecule has 2 aromatic rings. The average Bonchev–Trinajstić information content (AvgIpc) is 2.37. The molecule has 0 aliphatic heterocycles. The molecule has 2 rings (SSSR count). The summed E-state index contributed by atoms with van der Waals surface area (Å²) in [5.74, 6) is 0.329. The maximum atomic E-state index is 9.93. The van der Waals surface area contributed by atoms with Gasteiger partial charge in [0, 0.05) is 30.5 Å². The van der Waals surface area contributed by atoms with E-state index in [9.17, 15) is 5.11 Å². The van der Waals surface area contributed by atoms with E-state index in [0.29, 0.717) is 12.3 Å². The molecular formula is C15H19N3O. The van der Waals surface area contributed by atoms with Gasteiger partial charge in [0.05, 0.1) is 11.4 Å². The van der Waals surface area contributed by atoms with Crippen molar-refractivity contribution in [2.75, 3.05) is 0 Å². The zero-order valence-corrected chi connectivity index (χ0v) is 11.5. The van der Waals surface area contributed by atoms with Crippen molar-refractivity contribution in [3.8, 4) is 5.75 Å². The van der Waals surface area contributed by atoms with Gasteiger partial charge in [-0.05, 0) is 32.4 Å². The van der Waals surface area contributed by atoms with Crippen LogP contribution in [0.15, 0.2) is 30.6 Å². The van der Waals surface area contributed by atoms with E-state index in [4.69, 9.17) is 0 Å². The Bertz CT molecular complexity index is 552. The van der Waals surface area contributed by atoms with Gasteiger partial charge in [0.25, 0.3) is 0 Å². The summed E-state index contributed by atoms with van der Waals surface area (Å²) in [5.41, 5.74) is 3.75. The van der Waals surface area contributed by atoms with Crippen LogP contribution in [-0.2, 0) is 6.54 Å². The molecule has 0 amide bonds. The second kappa shape index (κ2) is 5.80. The molecule has 2 N–H and O–H groups in total. The molecule has 1 aromatic carbocycles. The van der Waals surface area contributed by atoms with E-state index in [0.717, 1.165) is 22.5 Å². The monoisotopic (exact) mass is 257 g/mol. The van der Waals surface area contributed by atoms with Gasteiger partial charge in [-0.25, -0.2) is 0 Å². The molecule has 1 unspecified atom stereocenters. The molecule has 4 heteroatoms. The minimum absolute atomic E-state index is 0.0590. The van der Waals surface area contributed by atoms with Crippen LogP contribution in [-0.4, -0.2) is 15.1 Å². The van der Waals surface area contributed by atoms with Crippen LogP contribution < -0.4 is 5.32 Å². The lowest BCUT2D eigenvalue weighted by atomic mass is 10.1. The molecule has 4 nitrogen and oxygen atoms in total. The predicted molar refractivity (Wildman–Crippen MR) is 74.9 cm³/mol. The summed E-state index contributed by atoms with van der Waals surface area (Å²) in [6.07, 6.45) is 3.52. The van der Waals surface area contributed by atoms with Gasteiger partial charge >= 0.3 is 0 Å². The smallest absolute Gasteiger partial charge is 0.120 e. The van der Waals surface area contributed by atoms with Gasteiger partial charge in [0.15, 0.2) is 0 Å². The van der Waals surface area contributed by atoms with Crippen molar-refractivity contribution in [3.05, 3.63) is 53.1 Å². The maximum absolute atomic E-state index is 9.93. The molecule has 0 fully saturated rings. The largest absolute Gasteiger partial charge is 0.508 e. The van der Waals surface area contributed by atoms with Gasteiger partial charge in [0.1, 0.15) is 5.75 Å². The number of nitrogens with zero attached hydrogens (tertiary/aromatic N) is 2. The van der Waals surface area contributed by atoms with E-state index >= 15 is 0 Å². The van der Waals surface area contributed by atoms with Crippen molar-refractivity contribution in [2.45, 2.75) is 33.4 Å². The van der Waals surface area contributed by atoms with E-state index in [1.807, 2.05) is 32.9 Å². The van der Waals surface area contributed by atoms with Crippen LogP contribution in [0.25, 0.3) is 0 Å². The van der Waals surface area contributed by atoms with E-state index in [1.54, 1.807) is 18.5 Å². The zero-order valence-electron chi connectivity index (χ0n) is 11.5. The summed E-state index contributed by atoms with van der Waals surface area (Å²) < 4.78 is 0. The Morgan fingerprint density at radius 3 is 2.63 bits per heavy atom. The first-order valence-electron chi connectivity index (χ1n) is 6.36. The molecule has 0 aliphatic carbocycles. The van der Waals surface area contributed by atoms with Crippen LogP contribution in [0.4, 0.5) is 0 Å². The summed E-state index contributed by atoms with van der Waals surface area (Å²) in [6, 6.07) is 5.78. The standard InChI is InChI=1S/C15H19N3O/c1-10-4-5-14(15(19)6-10)12(3)17-9-13-8-16-11(2)7-18-13/h4-8,12,17,19H,9H2,1-3H3. The van der Waals surface area contributed by atoms with Gasteiger partial charge in [-0.1, -0.05) is 12.1 Å². The second-order valence-electron chi connectivity index (χ2n) is 4.81. The number of hydrogen-bond acceptors (Lipinski definition) is 4. The lowest BCUT2D eigenvalue weighted by Gasteiger charge is -2.15. The number of aromatic nitrogens is 2. The van der Waals surface area contributed by atoms with Gasteiger partial charge in [-0.15, -0.1) is 0 Å². The van der Waals surface area contributed by atoms with Crippen molar-refractivity contribution >= 4 is 0 Å². The second-order valence-corrected chi connectivity index (χ2v) is 4.81. The molecule has 0 aliphatic rings. The summed E-state index contributed by atoms with van der Waals surface area (Å²) in [7, 11) is 0. The fourth-order valence-electron chi connectivity index (χ4n) is 1.90. The Balaban J connectivity index is 2.01. The molecule has 19 heavy (non-hydrogen) atoms. The third-order valence-corrected chi connectivity index (χ3v) is 3.08. The summed E-state index contributed by atoms with van der Waals surface area (Å²) in [5, 5.41) is 13.3. The van der Waals surface area contributed by atoms with E-state index < -0.39 is 0 Å². The third kappa shape index (κ3) is 3.51. The predicted octanol–water partition coefficient (Wildman–Crippen LogP) is 2.65. The van der Waals surface area contributed by atoms with Crippen LogP contribution in [0.1, 0.15) is 35.5 Å². The summed E-state index contributed by atoms with van der Waals surface area (Å²) in [4.78, 5) is 8.50. The molecule has 0 saturated heterocycles. The maximum Gasteiger partial charge on any atom is 0.120 e. The molecule has 100 valence electrons. The fraction of sp³-hybridized carbons (Fsp3) is 0.333. The highest BCUT2D eigenvalue weighted by Gasteiger charge is 2.10. The van der Waals surface area contributed by atoms with Crippen molar-refractivity contribution in [2.24, 2.45) is 0 Å². The van der Waals surface area contributed by atoms with Crippen LogP contribution in [0.5, 0.6) is 5.75 Å². The Hall–Kier alpha value is -1.94. The molecule has 0 spiro atoms. The number of rotatable bonds is 4. The first-order chi connectivity index (χ1) is 9.06. The first-order valence-corrected chi connectivity index (χ1v) is 6.36. The van der Waals surface area contributed by atoms with Crippen LogP contribution in [0, 0.1) is 13.8 Å². The minimum atomic E-state index is 0.0590. The van der Waals surface area contributed by atoms with Crippen LogP contribution in [0.3, 0.4) is 0 Å². The van der Waals surface area contributed by atoms with Crippen LogP contribution >= 0.6 is 0 Å². The molecule has 0 radical (unpaired) electrons. The van der Waals surface area contributed by atoms with Crippen molar-refractivity contribution in [3.63, 3.8) is 0 Å². The Kier molecular flexibility index (Phi) is 4.12.